The number of carbonyl (C=O) groups is 1. The van der Waals surface area contributed by atoms with Crippen LogP contribution in [0.5, 0.6) is 0 Å². The van der Waals surface area contributed by atoms with Crippen molar-refractivity contribution in [3.8, 4) is 0 Å². The standard InChI is InChI=1S/C19H24N4O/c1-14-12-20-18(21-14)16-8-11-23(13-16)19(24)15-4-6-17(7-5-15)22-9-2-3-10-22/h4-7,12,16H,2-3,8-11,13H2,1H3,(H,20,21)/t16-/m1/s1. The minimum atomic E-state index is 0.133. The van der Waals surface area contributed by atoms with Gasteiger partial charge < -0.3 is 14.8 Å². The second-order valence-electron chi connectivity index (χ2n) is 6.93. The van der Waals surface area contributed by atoms with E-state index in [-0.39, 0.29) is 5.91 Å². The average molecular weight is 324 g/mol. The van der Waals surface area contributed by atoms with Crippen LogP contribution in [-0.4, -0.2) is 47.0 Å². The topological polar surface area (TPSA) is 52.2 Å². The zero-order chi connectivity index (χ0) is 16.5. The number of amides is 1. The third-order valence-corrected chi connectivity index (χ3v) is 5.17. The number of likely N-dealkylation sites (tertiary alicyclic amines) is 1. The Labute approximate surface area is 142 Å². The summed E-state index contributed by atoms with van der Waals surface area (Å²) < 4.78 is 0. The molecule has 1 aromatic carbocycles. The highest BCUT2D eigenvalue weighted by molar-refractivity contribution is 5.94. The summed E-state index contributed by atoms with van der Waals surface area (Å²) in [6.45, 7) is 5.82. The number of H-pyrrole nitrogens is 1. The lowest BCUT2D eigenvalue weighted by Crippen LogP contribution is -2.28. The van der Waals surface area contributed by atoms with Gasteiger partial charge >= 0.3 is 0 Å². The fourth-order valence-corrected chi connectivity index (χ4v) is 3.78. The Morgan fingerprint density at radius 1 is 1.17 bits per heavy atom. The molecule has 2 fully saturated rings. The van der Waals surface area contributed by atoms with Crippen molar-refractivity contribution in [2.75, 3.05) is 31.1 Å². The molecule has 0 saturated carbocycles. The smallest absolute Gasteiger partial charge is 0.253 e. The van der Waals surface area contributed by atoms with E-state index in [1.807, 2.05) is 30.2 Å². The van der Waals surface area contributed by atoms with Crippen LogP contribution in [0.25, 0.3) is 0 Å². The molecular weight excluding hydrogens is 300 g/mol. The summed E-state index contributed by atoms with van der Waals surface area (Å²) in [7, 11) is 0. The van der Waals surface area contributed by atoms with E-state index in [1.54, 1.807) is 0 Å². The van der Waals surface area contributed by atoms with Crippen molar-refractivity contribution in [1.29, 1.82) is 0 Å². The highest BCUT2D eigenvalue weighted by Gasteiger charge is 2.29. The monoisotopic (exact) mass is 324 g/mol. The SMILES string of the molecule is Cc1cnc([C@@H]2CCN(C(=O)c3ccc(N4CCCC4)cc3)C2)[nH]1. The summed E-state index contributed by atoms with van der Waals surface area (Å²) >= 11 is 0. The van der Waals surface area contributed by atoms with Gasteiger partial charge in [-0.15, -0.1) is 0 Å². The number of aromatic nitrogens is 2. The molecule has 1 aromatic heterocycles. The minimum absolute atomic E-state index is 0.133. The second kappa shape index (κ2) is 6.30. The molecule has 24 heavy (non-hydrogen) atoms. The van der Waals surface area contributed by atoms with E-state index in [0.717, 1.165) is 49.7 Å². The number of rotatable bonds is 3. The van der Waals surface area contributed by atoms with Crippen LogP contribution in [0.2, 0.25) is 0 Å². The maximum Gasteiger partial charge on any atom is 0.253 e. The lowest BCUT2D eigenvalue weighted by Gasteiger charge is -2.19. The van der Waals surface area contributed by atoms with Crippen molar-refractivity contribution in [1.82, 2.24) is 14.9 Å². The van der Waals surface area contributed by atoms with Gasteiger partial charge in [-0.3, -0.25) is 4.79 Å². The van der Waals surface area contributed by atoms with Gasteiger partial charge in [-0.1, -0.05) is 0 Å². The first-order chi connectivity index (χ1) is 11.7. The number of imidazole rings is 1. The molecule has 2 aliphatic heterocycles. The molecule has 0 aliphatic carbocycles. The summed E-state index contributed by atoms with van der Waals surface area (Å²) in [6, 6.07) is 8.12. The van der Waals surface area contributed by atoms with Gasteiger partial charge in [-0.05, 0) is 50.5 Å². The van der Waals surface area contributed by atoms with Gasteiger partial charge in [0.05, 0.1) is 0 Å². The number of anilines is 1. The first kappa shape index (κ1) is 15.2. The zero-order valence-corrected chi connectivity index (χ0v) is 14.2. The number of aryl methyl sites for hydroxylation is 1. The molecule has 4 rings (SSSR count). The number of hydrogen-bond donors (Lipinski definition) is 1. The maximum atomic E-state index is 12.7. The molecule has 126 valence electrons. The molecule has 0 radical (unpaired) electrons. The third-order valence-electron chi connectivity index (χ3n) is 5.17. The molecule has 2 aliphatic rings. The number of nitrogens with one attached hydrogen (secondary N) is 1. The fourth-order valence-electron chi connectivity index (χ4n) is 3.78. The molecule has 1 N–H and O–H groups in total. The van der Waals surface area contributed by atoms with Crippen molar-refractivity contribution in [3.63, 3.8) is 0 Å². The molecule has 5 heteroatoms. The Bertz CT molecular complexity index is 715. The highest BCUT2D eigenvalue weighted by Crippen LogP contribution is 2.27. The number of aromatic amines is 1. The predicted molar refractivity (Wildman–Crippen MR) is 94.5 cm³/mol. The highest BCUT2D eigenvalue weighted by atomic mass is 16.2. The Morgan fingerprint density at radius 3 is 2.58 bits per heavy atom. The third kappa shape index (κ3) is 2.90. The lowest BCUT2D eigenvalue weighted by atomic mass is 10.1. The van der Waals surface area contributed by atoms with E-state index in [4.69, 9.17) is 0 Å². The van der Waals surface area contributed by atoms with Crippen molar-refractivity contribution in [2.45, 2.75) is 32.1 Å². The maximum absolute atomic E-state index is 12.7. The number of carbonyl (C=O) groups excluding carboxylic acids is 1. The zero-order valence-electron chi connectivity index (χ0n) is 14.2. The lowest BCUT2D eigenvalue weighted by molar-refractivity contribution is 0.0790. The van der Waals surface area contributed by atoms with Crippen LogP contribution in [0.4, 0.5) is 5.69 Å². The van der Waals surface area contributed by atoms with Crippen molar-refractivity contribution in [2.24, 2.45) is 0 Å². The summed E-state index contributed by atoms with van der Waals surface area (Å²) in [6.07, 6.45) is 5.37. The van der Waals surface area contributed by atoms with Crippen LogP contribution in [0.1, 0.15) is 47.1 Å². The van der Waals surface area contributed by atoms with E-state index in [9.17, 15) is 4.79 Å². The Hall–Kier alpha value is -2.30. The van der Waals surface area contributed by atoms with Crippen LogP contribution in [-0.2, 0) is 0 Å². The molecular formula is C19H24N4O. The van der Waals surface area contributed by atoms with Crippen LogP contribution in [0.15, 0.2) is 30.5 Å². The molecule has 0 bridgehead atoms. The number of benzene rings is 1. The van der Waals surface area contributed by atoms with Gasteiger partial charge in [0, 0.05) is 55.2 Å². The van der Waals surface area contributed by atoms with Gasteiger partial charge in [-0.2, -0.15) is 0 Å². The van der Waals surface area contributed by atoms with Crippen LogP contribution in [0, 0.1) is 6.92 Å². The number of nitrogens with zero attached hydrogens (tertiary/aromatic N) is 3. The molecule has 2 saturated heterocycles. The van der Waals surface area contributed by atoms with Crippen molar-refractivity contribution in [3.05, 3.63) is 47.5 Å². The van der Waals surface area contributed by atoms with E-state index >= 15 is 0 Å². The van der Waals surface area contributed by atoms with Gasteiger partial charge in [0.2, 0.25) is 0 Å². The van der Waals surface area contributed by atoms with E-state index < -0.39 is 0 Å². The van der Waals surface area contributed by atoms with Crippen molar-refractivity contribution < 1.29 is 4.79 Å². The minimum Gasteiger partial charge on any atom is -0.372 e. The molecule has 1 amide bonds. The molecule has 2 aromatic rings. The normalized spacial score (nSPS) is 20.8. The summed E-state index contributed by atoms with van der Waals surface area (Å²) in [4.78, 5) is 24.8. The van der Waals surface area contributed by atoms with Crippen molar-refractivity contribution >= 4 is 11.6 Å². The van der Waals surface area contributed by atoms with Gasteiger partial charge in [0.1, 0.15) is 5.82 Å². The van der Waals surface area contributed by atoms with E-state index in [2.05, 4.69) is 27.0 Å². The van der Waals surface area contributed by atoms with Crippen LogP contribution in [0.3, 0.4) is 0 Å². The Morgan fingerprint density at radius 2 is 1.92 bits per heavy atom. The van der Waals surface area contributed by atoms with Gasteiger partial charge in [-0.25, -0.2) is 4.98 Å². The summed E-state index contributed by atoms with van der Waals surface area (Å²) in [5.74, 6) is 1.47. The van der Waals surface area contributed by atoms with Gasteiger partial charge in [0.15, 0.2) is 0 Å². The molecule has 5 nitrogen and oxygen atoms in total. The molecule has 1 atom stereocenters. The largest absolute Gasteiger partial charge is 0.372 e. The fraction of sp³-hybridized carbons (Fsp3) is 0.474. The van der Waals surface area contributed by atoms with Crippen LogP contribution < -0.4 is 4.90 Å². The second-order valence-corrected chi connectivity index (χ2v) is 6.93. The quantitative estimate of drug-likeness (QED) is 0.944. The first-order valence-corrected chi connectivity index (χ1v) is 8.86. The molecule has 3 heterocycles. The molecule has 0 unspecified atom stereocenters. The predicted octanol–water partition coefficient (Wildman–Crippen LogP) is 2.95. The average Bonchev–Trinajstić information content (AvgIpc) is 3.35. The Balaban J connectivity index is 1.42. The summed E-state index contributed by atoms with van der Waals surface area (Å²) in [5.41, 5.74) is 3.09. The summed E-state index contributed by atoms with van der Waals surface area (Å²) in [5, 5.41) is 0. The van der Waals surface area contributed by atoms with Gasteiger partial charge in [0.25, 0.3) is 5.91 Å². The molecule has 0 spiro atoms. The van der Waals surface area contributed by atoms with Crippen LogP contribution >= 0.6 is 0 Å². The number of hydrogen-bond acceptors (Lipinski definition) is 3. The first-order valence-electron chi connectivity index (χ1n) is 8.86. The van der Waals surface area contributed by atoms with E-state index in [1.165, 1.54) is 18.5 Å². The Kier molecular flexibility index (Phi) is 4.00. The van der Waals surface area contributed by atoms with E-state index in [0.29, 0.717) is 5.92 Å².